The third-order valence-electron chi connectivity index (χ3n) is 6.25. The third kappa shape index (κ3) is 4.53. The van der Waals surface area contributed by atoms with Gasteiger partial charge in [0.15, 0.2) is 5.78 Å². The van der Waals surface area contributed by atoms with Crippen LogP contribution in [0.4, 0.5) is 4.79 Å². The Hall–Kier alpha value is -3.68. The number of benzene rings is 3. The molecule has 2 atom stereocenters. The molecule has 0 bridgehead atoms. The highest BCUT2D eigenvalue weighted by Crippen LogP contribution is 2.44. The molecule has 1 aliphatic rings. The van der Waals surface area contributed by atoms with E-state index in [0.29, 0.717) is 5.56 Å². The number of aryl methyl sites for hydroxylation is 1. The van der Waals surface area contributed by atoms with E-state index in [1.54, 1.807) is 6.92 Å². The summed E-state index contributed by atoms with van der Waals surface area (Å²) in [5, 5.41) is 33.4. The molecule has 0 fully saturated rings. The van der Waals surface area contributed by atoms with Crippen LogP contribution in [0.25, 0.3) is 11.1 Å². The van der Waals surface area contributed by atoms with Crippen molar-refractivity contribution in [3.63, 3.8) is 0 Å². The zero-order valence-electron chi connectivity index (χ0n) is 19.0. The fraction of sp³-hybridized carbons (Fsp3) is 0.259. The first-order chi connectivity index (χ1) is 16.3. The number of alkyl carbamates (subject to hydrolysis) is 1. The number of ether oxygens (including phenoxy) is 1. The van der Waals surface area contributed by atoms with Crippen LogP contribution in [0, 0.1) is 6.92 Å². The monoisotopic (exact) mass is 461 g/mol. The number of nitrogens with one attached hydrogen (secondary N) is 1. The lowest BCUT2D eigenvalue weighted by Crippen LogP contribution is -2.36. The topological polar surface area (TPSA) is 116 Å². The van der Waals surface area contributed by atoms with Crippen molar-refractivity contribution in [2.45, 2.75) is 32.0 Å². The third-order valence-corrected chi connectivity index (χ3v) is 6.25. The minimum Gasteiger partial charge on any atom is -0.507 e. The molecule has 0 radical (unpaired) electrons. The van der Waals surface area contributed by atoms with E-state index in [4.69, 9.17) is 4.74 Å². The van der Waals surface area contributed by atoms with Gasteiger partial charge >= 0.3 is 6.09 Å². The molecule has 2 unspecified atom stereocenters. The summed E-state index contributed by atoms with van der Waals surface area (Å²) in [6, 6.07) is 18.7. The van der Waals surface area contributed by atoms with Crippen molar-refractivity contribution in [3.8, 4) is 16.9 Å². The lowest BCUT2D eigenvalue weighted by atomic mass is 9.95. The molecule has 0 saturated heterocycles. The number of fused-ring (bicyclic) bond motifs is 3. The summed E-state index contributed by atoms with van der Waals surface area (Å²) in [5.41, 5.74) is 5.38. The second-order valence-corrected chi connectivity index (χ2v) is 8.50. The van der Waals surface area contributed by atoms with Gasteiger partial charge in [0.05, 0.1) is 5.56 Å². The summed E-state index contributed by atoms with van der Waals surface area (Å²) in [5.74, 6) is -0.665. The second kappa shape index (κ2) is 9.67. The van der Waals surface area contributed by atoms with Gasteiger partial charge in [0.2, 0.25) is 0 Å². The molecule has 7 nitrogen and oxygen atoms in total. The number of hydrogen-bond donors (Lipinski definition) is 4. The molecule has 1 amide bonds. The Balaban J connectivity index is 1.36. The van der Waals surface area contributed by atoms with Crippen LogP contribution in [0.15, 0.2) is 60.7 Å². The van der Waals surface area contributed by atoms with Crippen LogP contribution in [-0.2, 0) is 4.74 Å². The predicted molar refractivity (Wildman–Crippen MR) is 127 cm³/mol. The van der Waals surface area contributed by atoms with E-state index in [-0.39, 0.29) is 41.7 Å². The summed E-state index contributed by atoms with van der Waals surface area (Å²) >= 11 is 0. The SMILES string of the molecule is CC(=O)c1cc(C)c(C(O)C(O)CNC(=O)OCC2c3ccccc3-c3ccccc32)cc1O. The van der Waals surface area contributed by atoms with E-state index in [2.05, 4.69) is 17.4 Å². The fourth-order valence-electron chi connectivity index (χ4n) is 4.47. The molecular formula is C27H27NO6. The lowest BCUT2D eigenvalue weighted by Gasteiger charge is -2.21. The molecule has 4 rings (SSSR count). The summed E-state index contributed by atoms with van der Waals surface area (Å²) < 4.78 is 5.44. The number of phenols is 1. The Bertz CT molecular complexity index is 1190. The Morgan fingerprint density at radius 1 is 1.00 bits per heavy atom. The van der Waals surface area contributed by atoms with E-state index in [1.165, 1.54) is 19.1 Å². The molecular weight excluding hydrogens is 434 g/mol. The maximum Gasteiger partial charge on any atom is 0.407 e. The van der Waals surface area contributed by atoms with Crippen molar-refractivity contribution >= 4 is 11.9 Å². The van der Waals surface area contributed by atoms with Crippen LogP contribution < -0.4 is 5.32 Å². The summed E-state index contributed by atoms with van der Waals surface area (Å²) in [6.07, 6.45) is -3.43. The molecule has 0 heterocycles. The summed E-state index contributed by atoms with van der Waals surface area (Å²) in [4.78, 5) is 23.9. The summed E-state index contributed by atoms with van der Waals surface area (Å²) in [7, 11) is 0. The molecule has 7 heteroatoms. The average Bonchev–Trinajstić information content (AvgIpc) is 3.15. The Morgan fingerprint density at radius 3 is 2.18 bits per heavy atom. The van der Waals surface area contributed by atoms with Gasteiger partial charge in [0, 0.05) is 12.5 Å². The Labute approximate surface area is 197 Å². The quantitative estimate of drug-likeness (QED) is 0.398. The van der Waals surface area contributed by atoms with E-state index >= 15 is 0 Å². The number of carbonyl (C=O) groups excluding carboxylic acids is 2. The molecule has 176 valence electrons. The van der Waals surface area contributed by atoms with Gasteiger partial charge in [-0.1, -0.05) is 48.5 Å². The van der Waals surface area contributed by atoms with Gasteiger partial charge in [-0.2, -0.15) is 0 Å². The van der Waals surface area contributed by atoms with Crippen LogP contribution in [0.1, 0.15) is 51.6 Å². The van der Waals surface area contributed by atoms with Gasteiger partial charge in [-0.05, 0) is 59.4 Å². The zero-order valence-corrected chi connectivity index (χ0v) is 19.0. The van der Waals surface area contributed by atoms with Crippen molar-refractivity contribution < 1.29 is 29.6 Å². The fourth-order valence-corrected chi connectivity index (χ4v) is 4.47. The van der Waals surface area contributed by atoms with Gasteiger partial charge in [-0.3, -0.25) is 4.79 Å². The highest BCUT2D eigenvalue weighted by Gasteiger charge is 2.29. The lowest BCUT2D eigenvalue weighted by molar-refractivity contribution is 0.0181. The minimum atomic E-state index is -1.37. The number of amides is 1. The number of aliphatic hydroxyl groups is 2. The number of aliphatic hydroxyl groups excluding tert-OH is 2. The molecule has 0 aromatic heterocycles. The van der Waals surface area contributed by atoms with Gasteiger partial charge < -0.3 is 25.4 Å². The first-order valence-corrected chi connectivity index (χ1v) is 11.1. The molecule has 34 heavy (non-hydrogen) atoms. The van der Waals surface area contributed by atoms with Crippen LogP contribution in [0.2, 0.25) is 0 Å². The zero-order chi connectivity index (χ0) is 24.4. The van der Waals surface area contributed by atoms with Crippen LogP contribution in [-0.4, -0.2) is 46.5 Å². The minimum absolute atomic E-state index is 0.0842. The molecule has 0 aliphatic heterocycles. The van der Waals surface area contributed by atoms with Crippen LogP contribution in [0.5, 0.6) is 5.75 Å². The number of Topliss-reactive ketones (excluding diaryl/α,β-unsaturated/α-hetero) is 1. The van der Waals surface area contributed by atoms with Gasteiger partial charge in [0.25, 0.3) is 0 Å². The van der Waals surface area contributed by atoms with Gasteiger partial charge in [-0.25, -0.2) is 4.79 Å². The predicted octanol–water partition coefficient (Wildman–Crippen LogP) is 3.84. The average molecular weight is 462 g/mol. The van der Waals surface area contributed by atoms with E-state index in [1.807, 2.05) is 36.4 Å². The second-order valence-electron chi connectivity index (χ2n) is 8.50. The largest absolute Gasteiger partial charge is 0.507 e. The molecule has 1 aliphatic carbocycles. The Kier molecular flexibility index (Phi) is 6.68. The maximum absolute atomic E-state index is 12.3. The number of rotatable bonds is 7. The van der Waals surface area contributed by atoms with Crippen molar-refractivity contribution in [2.75, 3.05) is 13.2 Å². The molecule has 0 saturated carbocycles. The van der Waals surface area contributed by atoms with E-state index in [9.17, 15) is 24.9 Å². The maximum atomic E-state index is 12.3. The smallest absolute Gasteiger partial charge is 0.407 e. The number of ketones is 1. The Morgan fingerprint density at radius 2 is 1.59 bits per heavy atom. The number of aromatic hydroxyl groups is 1. The van der Waals surface area contributed by atoms with Crippen LogP contribution in [0.3, 0.4) is 0 Å². The number of phenolic OH excluding ortho intramolecular Hbond substituents is 1. The number of carbonyl (C=O) groups is 2. The van der Waals surface area contributed by atoms with Gasteiger partial charge in [0.1, 0.15) is 24.6 Å². The van der Waals surface area contributed by atoms with Crippen molar-refractivity contribution in [3.05, 3.63) is 88.5 Å². The molecule has 3 aromatic carbocycles. The first kappa shape index (κ1) is 23.5. The summed E-state index contributed by atoms with van der Waals surface area (Å²) in [6.45, 7) is 2.87. The molecule has 3 aromatic rings. The molecule has 0 spiro atoms. The van der Waals surface area contributed by atoms with Crippen molar-refractivity contribution in [1.82, 2.24) is 5.32 Å². The normalized spacial score (nSPS) is 14.1. The molecule has 4 N–H and O–H groups in total. The first-order valence-electron chi connectivity index (χ1n) is 11.1. The van der Waals surface area contributed by atoms with Crippen LogP contribution >= 0.6 is 0 Å². The van der Waals surface area contributed by atoms with E-state index in [0.717, 1.165) is 22.3 Å². The highest BCUT2D eigenvalue weighted by atomic mass is 16.5. The van der Waals surface area contributed by atoms with Gasteiger partial charge in [-0.15, -0.1) is 0 Å². The van der Waals surface area contributed by atoms with Crippen molar-refractivity contribution in [1.29, 1.82) is 0 Å². The van der Waals surface area contributed by atoms with Crippen molar-refractivity contribution in [2.24, 2.45) is 0 Å². The van der Waals surface area contributed by atoms with E-state index < -0.39 is 18.3 Å². The highest BCUT2D eigenvalue weighted by molar-refractivity contribution is 5.97. The standard InChI is InChI=1S/C27H27NO6/c1-15-11-22(16(2)29)24(30)12-21(15)26(32)25(31)13-28-27(33)34-14-23-19-9-5-3-7-17(19)18-8-4-6-10-20(18)23/h3-12,23,25-26,30-32H,13-14H2,1-2H3,(H,28,33). The number of hydrogen-bond acceptors (Lipinski definition) is 6.